The fourth-order valence-corrected chi connectivity index (χ4v) is 3.84. The van der Waals surface area contributed by atoms with Crippen LogP contribution >= 0.6 is 0 Å². The van der Waals surface area contributed by atoms with E-state index in [0.29, 0.717) is 31.3 Å². The predicted molar refractivity (Wildman–Crippen MR) is 110 cm³/mol. The second kappa shape index (κ2) is 7.13. The zero-order chi connectivity index (χ0) is 19.8. The Kier molecular flexibility index (Phi) is 4.31. The van der Waals surface area contributed by atoms with Gasteiger partial charge in [-0.1, -0.05) is 30.3 Å². The van der Waals surface area contributed by atoms with Gasteiger partial charge < -0.3 is 19.7 Å². The van der Waals surface area contributed by atoms with E-state index in [2.05, 4.69) is 5.32 Å². The molecule has 0 radical (unpaired) electrons. The fraction of sp³-hybridized carbons (Fsp3) is 0.217. The van der Waals surface area contributed by atoms with Crippen molar-refractivity contribution < 1.29 is 19.1 Å². The molecule has 2 aliphatic rings. The number of fused-ring (bicyclic) bond motifs is 2. The quantitative estimate of drug-likeness (QED) is 0.744. The first-order valence-corrected chi connectivity index (χ1v) is 9.67. The number of nitrogens with zero attached hydrogens (tertiary/aromatic N) is 1. The van der Waals surface area contributed by atoms with Gasteiger partial charge in [0.1, 0.15) is 13.2 Å². The zero-order valence-electron chi connectivity index (χ0n) is 15.8. The monoisotopic (exact) mass is 388 g/mol. The van der Waals surface area contributed by atoms with E-state index in [9.17, 15) is 9.59 Å². The lowest BCUT2D eigenvalue weighted by atomic mass is 10.1. The van der Waals surface area contributed by atoms with Crippen molar-refractivity contribution in [2.75, 3.05) is 30.0 Å². The van der Waals surface area contributed by atoms with Gasteiger partial charge in [0, 0.05) is 30.4 Å². The first-order valence-electron chi connectivity index (χ1n) is 9.67. The molecule has 1 saturated heterocycles. The van der Waals surface area contributed by atoms with Crippen LogP contribution in [0.5, 0.6) is 11.5 Å². The minimum atomic E-state index is -0.401. The lowest BCUT2D eigenvalue weighted by Gasteiger charge is -2.22. The molecule has 2 amide bonds. The van der Waals surface area contributed by atoms with Crippen molar-refractivity contribution in [3.8, 4) is 11.5 Å². The van der Waals surface area contributed by atoms with Crippen LogP contribution < -0.4 is 19.7 Å². The van der Waals surface area contributed by atoms with Gasteiger partial charge >= 0.3 is 0 Å². The molecule has 0 bridgehead atoms. The topological polar surface area (TPSA) is 67.9 Å². The molecule has 0 spiro atoms. The molecule has 3 aromatic carbocycles. The van der Waals surface area contributed by atoms with Crippen LogP contribution in [0.3, 0.4) is 0 Å². The highest BCUT2D eigenvalue weighted by molar-refractivity contribution is 6.04. The Morgan fingerprint density at radius 3 is 2.59 bits per heavy atom. The zero-order valence-corrected chi connectivity index (χ0v) is 15.8. The smallest absolute Gasteiger partial charge is 0.229 e. The molecule has 29 heavy (non-hydrogen) atoms. The minimum Gasteiger partial charge on any atom is -0.486 e. The molecule has 1 atom stereocenters. The number of hydrogen-bond donors (Lipinski definition) is 1. The maximum atomic E-state index is 12.8. The van der Waals surface area contributed by atoms with Gasteiger partial charge in [0.05, 0.1) is 5.92 Å². The average molecular weight is 388 g/mol. The van der Waals surface area contributed by atoms with Crippen molar-refractivity contribution in [2.45, 2.75) is 6.42 Å². The molecule has 0 saturated carbocycles. The first kappa shape index (κ1) is 17.6. The molecular formula is C23H20N2O4. The average Bonchev–Trinajstić information content (AvgIpc) is 3.15. The largest absolute Gasteiger partial charge is 0.486 e. The van der Waals surface area contributed by atoms with Crippen molar-refractivity contribution in [1.29, 1.82) is 0 Å². The van der Waals surface area contributed by atoms with Crippen molar-refractivity contribution >= 4 is 34.0 Å². The normalized spacial score (nSPS) is 18.1. The summed E-state index contributed by atoms with van der Waals surface area (Å²) < 4.78 is 11.1. The second-order valence-electron chi connectivity index (χ2n) is 7.28. The highest BCUT2D eigenvalue weighted by atomic mass is 16.6. The summed E-state index contributed by atoms with van der Waals surface area (Å²) in [4.78, 5) is 27.0. The third kappa shape index (κ3) is 3.38. The molecule has 2 aliphatic heterocycles. The number of hydrogen-bond acceptors (Lipinski definition) is 4. The molecule has 1 fully saturated rings. The van der Waals surface area contributed by atoms with Crippen LogP contribution in [-0.4, -0.2) is 31.6 Å². The highest BCUT2D eigenvalue weighted by Gasteiger charge is 2.35. The SMILES string of the molecule is O=C(Nc1ccc2ccccc2c1)[C@@H]1CC(=O)N(c2ccc3c(c2)OCCO3)C1. The van der Waals surface area contributed by atoms with Crippen LogP contribution in [0.2, 0.25) is 0 Å². The number of carbonyl (C=O) groups is 2. The molecule has 0 aliphatic carbocycles. The molecule has 6 heteroatoms. The van der Waals surface area contributed by atoms with Gasteiger partial charge in [-0.05, 0) is 35.0 Å². The van der Waals surface area contributed by atoms with E-state index >= 15 is 0 Å². The van der Waals surface area contributed by atoms with E-state index in [4.69, 9.17) is 9.47 Å². The number of anilines is 2. The van der Waals surface area contributed by atoms with Gasteiger partial charge in [0.15, 0.2) is 11.5 Å². The second-order valence-corrected chi connectivity index (χ2v) is 7.28. The molecule has 0 unspecified atom stereocenters. The molecule has 3 aromatic rings. The predicted octanol–water partition coefficient (Wildman–Crippen LogP) is 3.60. The highest BCUT2D eigenvalue weighted by Crippen LogP contribution is 2.36. The van der Waals surface area contributed by atoms with Gasteiger partial charge in [0.2, 0.25) is 11.8 Å². The van der Waals surface area contributed by atoms with Gasteiger partial charge in [-0.2, -0.15) is 0 Å². The lowest BCUT2D eigenvalue weighted by Crippen LogP contribution is -2.28. The van der Waals surface area contributed by atoms with E-state index in [1.807, 2.05) is 48.5 Å². The lowest BCUT2D eigenvalue weighted by molar-refractivity contribution is -0.122. The Morgan fingerprint density at radius 1 is 0.931 bits per heavy atom. The van der Waals surface area contributed by atoms with Crippen molar-refractivity contribution in [3.05, 3.63) is 60.7 Å². The van der Waals surface area contributed by atoms with Crippen molar-refractivity contribution in [2.24, 2.45) is 5.92 Å². The van der Waals surface area contributed by atoms with Gasteiger partial charge in [0.25, 0.3) is 0 Å². The van der Waals surface area contributed by atoms with E-state index in [-0.39, 0.29) is 18.2 Å². The molecule has 1 N–H and O–H groups in total. The summed E-state index contributed by atoms with van der Waals surface area (Å²) in [5, 5.41) is 5.13. The van der Waals surface area contributed by atoms with E-state index < -0.39 is 5.92 Å². The van der Waals surface area contributed by atoms with Crippen LogP contribution in [0, 0.1) is 5.92 Å². The molecule has 5 rings (SSSR count). The Bertz CT molecular complexity index is 1110. The van der Waals surface area contributed by atoms with Crippen LogP contribution in [-0.2, 0) is 9.59 Å². The van der Waals surface area contributed by atoms with Gasteiger partial charge in [-0.15, -0.1) is 0 Å². The van der Waals surface area contributed by atoms with Gasteiger partial charge in [-0.25, -0.2) is 0 Å². The Hall–Kier alpha value is -3.54. The number of nitrogens with one attached hydrogen (secondary N) is 1. The summed E-state index contributed by atoms with van der Waals surface area (Å²) in [5.74, 6) is 0.694. The maximum absolute atomic E-state index is 12.8. The number of ether oxygens (including phenoxy) is 2. The standard InChI is InChI=1S/C23H20N2O4/c26-22-12-17(14-25(22)19-7-8-20-21(13-19)29-10-9-28-20)23(27)24-18-6-5-15-3-1-2-4-16(15)11-18/h1-8,11,13,17H,9-10,12,14H2,(H,24,27)/t17-/m1/s1. The summed E-state index contributed by atoms with van der Waals surface area (Å²) in [6.07, 6.45) is 0.188. The molecule has 6 nitrogen and oxygen atoms in total. The maximum Gasteiger partial charge on any atom is 0.229 e. The van der Waals surface area contributed by atoms with Crippen molar-refractivity contribution in [3.63, 3.8) is 0 Å². The Labute approximate surface area is 168 Å². The summed E-state index contributed by atoms with van der Waals surface area (Å²) in [6, 6.07) is 19.2. The minimum absolute atomic E-state index is 0.0691. The third-order valence-corrected chi connectivity index (χ3v) is 5.35. The van der Waals surface area contributed by atoms with Crippen LogP contribution in [0.1, 0.15) is 6.42 Å². The summed E-state index contributed by atoms with van der Waals surface area (Å²) in [7, 11) is 0. The molecule has 2 heterocycles. The fourth-order valence-electron chi connectivity index (χ4n) is 3.84. The summed E-state index contributed by atoms with van der Waals surface area (Å²) in [5.41, 5.74) is 1.46. The molecule has 146 valence electrons. The molecule has 0 aromatic heterocycles. The third-order valence-electron chi connectivity index (χ3n) is 5.35. The van der Waals surface area contributed by atoms with E-state index in [1.54, 1.807) is 17.0 Å². The van der Waals surface area contributed by atoms with Crippen LogP contribution in [0.4, 0.5) is 11.4 Å². The van der Waals surface area contributed by atoms with Gasteiger partial charge in [-0.3, -0.25) is 9.59 Å². The summed E-state index contributed by atoms with van der Waals surface area (Å²) >= 11 is 0. The van der Waals surface area contributed by atoms with Crippen LogP contribution in [0.25, 0.3) is 10.8 Å². The van der Waals surface area contributed by atoms with E-state index in [1.165, 1.54) is 0 Å². The Morgan fingerprint density at radius 2 is 1.72 bits per heavy atom. The first-order chi connectivity index (χ1) is 14.2. The summed E-state index contributed by atoms with van der Waals surface area (Å²) in [6.45, 7) is 1.35. The van der Waals surface area contributed by atoms with Crippen LogP contribution in [0.15, 0.2) is 60.7 Å². The molecular weight excluding hydrogens is 368 g/mol. The van der Waals surface area contributed by atoms with E-state index in [0.717, 1.165) is 22.1 Å². The Balaban J connectivity index is 1.31. The number of carbonyl (C=O) groups excluding carboxylic acids is 2. The van der Waals surface area contributed by atoms with Crippen molar-refractivity contribution in [1.82, 2.24) is 0 Å². The number of amides is 2. The number of rotatable bonds is 3. The number of benzene rings is 3.